The second-order valence-electron chi connectivity index (χ2n) is 3.55. The molecule has 1 aliphatic carbocycles. The van der Waals surface area contributed by atoms with E-state index in [1.807, 2.05) is 0 Å². The highest BCUT2D eigenvalue weighted by Gasteiger charge is 2.55. The summed E-state index contributed by atoms with van der Waals surface area (Å²) in [6.45, 7) is 0. The van der Waals surface area contributed by atoms with Crippen LogP contribution in [0.1, 0.15) is 18.4 Å². The van der Waals surface area contributed by atoms with E-state index < -0.39 is 6.18 Å². The quantitative estimate of drug-likeness (QED) is 0.638. The summed E-state index contributed by atoms with van der Waals surface area (Å²) >= 11 is 0. The van der Waals surface area contributed by atoms with E-state index in [0.717, 1.165) is 0 Å². The maximum atomic E-state index is 12.7. The zero-order valence-corrected chi connectivity index (χ0v) is 7.51. The zero-order valence-electron chi connectivity index (χ0n) is 7.51. The van der Waals surface area contributed by atoms with Crippen molar-refractivity contribution in [2.75, 3.05) is 0 Å². The molecule has 0 N–H and O–H groups in total. The summed E-state index contributed by atoms with van der Waals surface area (Å²) in [5.41, 5.74) is 0.322. The molecule has 0 radical (unpaired) electrons. The van der Waals surface area contributed by atoms with E-state index in [1.165, 1.54) is 12.1 Å². The first-order valence-electron chi connectivity index (χ1n) is 4.58. The molecule has 2 rings (SSSR count). The summed E-state index contributed by atoms with van der Waals surface area (Å²) < 4.78 is 38.0. The van der Waals surface area contributed by atoms with E-state index in [1.54, 1.807) is 18.2 Å². The molecule has 1 aliphatic rings. The van der Waals surface area contributed by atoms with Crippen LogP contribution >= 0.6 is 0 Å². The molecule has 0 nitrogen and oxygen atoms in total. The van der Waals surface area contributed by atoms with Crippen molar-refractivity contribution in [3.63, 3.8) is 0 Å². The van der Waals surface area contributed by atoms with Gasteiger partial charge in [0.25, 0.3) is 0 Å². The normalized spacial score (nSPS) is 16.8. The van der Waals surface area contributed by atoms with E-state index in [4.69, 9.17) is 0 Å². The summed E-state index contributed by atoms with van der Waals surface area (Å²) in [6, 6.07) is 8.07. The third kappa shape index (κ3) is 1.86. The van der Waals surface area contributed by atoms with Gasteiger partial charge >= 0.3 is 6.18 Å². The van der Waals surface area contributed by atoms with Gasteiger partial charge in [-0.05, 0) is 31.0 Å². The predicted molar refractivity (Wildman–Crippen MR) is 47.6 cm³/mol. The van der Waals surface area contributed by atoms with Crippen molar-refractivity contribution in [2.45, 2.75) is 19.0 Å². The average Bonchev–Trinajstić information content (AvgIpc) is 2.88. The van der Waals surface area contributed by atoms with Gasteiger partial charge in [0.1, 0.15) is 11.5 Å². The van der Waals surface area contributed by atoms with Crippen molar-refractivity contribution in [1.82, 2.24) is 0 Å². The first-order chi connectivity index (χ1) is 6.59. The molecule has 0 heterocycles. The van der Waals surface area contributed by atoms with Gasteiger partial charge in [0.15, 0.2) is 0 Å². The number of benzene rings is 1. The topological polar surface area (TPSA) is 0 Å². The molecule has 0 unspecified atom stereocenters. The molecular weight excluding hydrogens is 189 g/mol. The largest absolute Gasteiger partial charge is 0.463 e. The summed E-state index contributed by atoms with van der Waals surface area (Å²) in [4.78, 5) is 0. The summed E-state index contributed by atoms with van der Waals surface area (Å²) in [7, 11) is 0. The van der Waals surface area contributed by atoms with Gasteiger partial charge in [-0.25, -0.2) is 0 Å². The molecule has 1 fully saturated rings. The molecule has 0 saturated heterocycles. The SMILES string of the molecule is FC(F)(F)[C+](c1ccccc1)C1CC1. The average molecular weight is 199 g/mol. The molecule has 1 saturated carbocycles. The van der Waals surface area contributed by atoms with Gasteiger partial charge in [0, 0.05) is 18.1 Å². The van der Waals surface area contributed by atoms with Gasteiger partial charge in [-0.2, -0.15) is 13.2 Å². The third-order valence-electron chi connectivity index (χ3n) is 2.38. The Labute approximate surface area is 80.7 Å². The van der Waals surface area contributed by atoms with Crippen molar-refractivity contribution < 1.29 is 13.2 Å². The molecule has 0 aromatic heterocycles. The Hall–Kier alpha value is -1.12. The molecule has 14 heavy (non-hydrogen) atoms. The second kappa shape index (κ2) is 3.23. The van der Waals surface area contributed by atoms with E-state index in [9.17, 15) is 13.2 Å². The number of hydrogen-bond donors (Lipinski definition) is 0. The molecule has 74 valence electrons. The Morgan fingerprint density at radius 1 is 1.07 bits per heavy atom. The van der Waals surface area contributed by atoms with Crippen LogP contribution in [0.25, 0.3) is 0 Å². The highest BCUT2D eigenvalue weighted by atomic mass is 19.4. The Morgan fingerprint density at radius 3 is 2.07 bits per heavy atom. The fourth-order valence-corrected chi connectivity index (χ4v) is 1.62. The maximum absolute atomic E-state index is 12.7. The number of halogens is 3. The molecule has 3 heteroatoms. The van der Waals surface area contributed by atoms with Gasteiger partial charge < -0.3 is 0 Å². The molecule has 0 atom stereocenters. The Kier molecular flexibility index (Phi) is 2.17. The van der Waals surface area contributed by atoms with Crippen LogP contribution < -0.4 is 0 Å². The summed E-state index contributed by atoms with van der Waals surface area (Å²) in [5, 5.41) is 0. The van der Waals surface area contributed by atoms with Crippen LogP contribution in [0.15, 0.2) is 30.3 Å². The van der Waals surface area contributed by atoms with Crippen molar-refractivity contribution in [3.8, 4) is 0 Å². The Bertz CT molecular complexity index is 298. The highest BCUT2D eigenvalue weighted by Crippen LogP contribution is 2.49. The first-order valence-corrected chi connectivity index (χ1v) is 4.58. The molecule has 0 amide bonds. The van der Waals surface area contributed by atoms with E-state index in [0.29, 0.717) is 18.4 Å². The number of hydrogen-bond acceptors (Lipinski definition) is 0. The molecule has 1 aromatic carbocycles. The highest BCUT2D eigenvalue weighted by molar-refractivity contribution is 5.36. The fraction of sp³-hybridized carbons (Fsp3) is 0.364. The lowest BCUT2D eigenvalue weighted by molar-refractivity contribution is -0.113. The van der Waals surface area contributed by atoms with Crippen LogP contribution in [-0.2, 0) is 0 Å². The first kappa shape index (κ1) is 9.44. The van der Waals surface area contributed by atoms with Gasteiger partial charge in [-0.1, -0.05) is 0 Å². The van der Waals surface area contributed by atoms with Crippen LogP contribution in [0.5, 0.6) is 0 Å². The summed E-state index contributed by atoms with van der Waals surface area (Å²) in [5.74, 6) is -0.615. The van der Waals surface area contributed by atoms with Gasteiger partial charge in [-0.3, -0.25) is 0 Å². The monoisotopic (exact) mass is 199 g/mol. The fourth-order valence-electron chi connectivity index (χ4n) is 1.62. The summed E-state index contributed by atoms with van der Waals surface area (Å²) in [6.07, 6.45) is -2.84. The molecule has 1 aromatic rings. The third-order valence-corrected chi connectivity index (χ3v) is 2.38. The van der Waals surface area contributed by atoms with Crippen molar-refractivity contribution >= 4 is 0 Å². The van der Waals surface area contributed by atoms with Crippen LogP contribution in [0.3, 0.4) is 0 Å². The number of alkyl halides is 3. The minimum absolute atomic E-state index is 0.266. The predicted octanol–water partition coefficient (Wildman–Crippen LogP) is 3.58. The minimum atomic E-state index is -4.18. The van der Waals surface area contributed by atoms with Crippen molar-refractivity contribution in [1.29, 1.82) is 0 Å². The van der Waals surface area contributed by atoms with Crippen LogP contribution in [0.4, 0.5) is 13.2 Å². The Balaban J connectivity index is 2.28. The Morgan fingerprint density at radius 2 is 1.64 bits per heavy atom. The van der Waals surface area contributed by atoms with Crippen molar-refractivity contribution in [3.05, 3.63) is 41.8 Å². The minimum Gasteiger partial charge on any atom is -0.154 e. The zero-order chi connectivity index (χ0) is 10.2. The van der Waals surface area contributed by atoms with E-state index >= 15 is 0 Å². The molecule has 0 spiro atoms. The van der Waals surface area contributed by atoms with Gasteiger partial charge in [0.2, 0.25) is 0 Å². The smallest absolute Gasteiger partial charge is 0.154 e. The lowest BCUT2D eigenvalue weighted by Crippen LogP contribution is -2.23. The van der Waals surface area contributed by atoms with Crippen LogP contribution in [0, 0.1) is 11.8 Å². The molecule has 0 aliphatic heterocycles. The van der Waals surface area contributed by atoms with Gasteiger partial charge in [0.05, 0.1) is 0 Å². The van der Waals surface area contributed by atoms with Crippen LogP contribution in [0.2, 0.25) is 0 Å². The molecular formula is C11H10F3+. The van der Waals surface area contributed by atoms with Gasteiger partial charge in [-0.15, -0.1) is 0 Å². The van der Waals surface area contributed by atoms with E-state index in [2.05, 4.69) is 0 Å². The van der Waals surface area contributed by atoms with Crippen molar-refractivity contribution in [2.24, 2.45) is 5.92 Å². The lowest BCUT2D eigenvalue weighted by Gasteiger charge is -2.12. The number of rotatable bonds is 2. The van der Waals surface area contributed by atoms with E-state index in [-0.39, 0.29) is 11.8 Å². The molecule has 0 bridgehead atoms. The standard InChI is InChI=1S/C11H10F3/c12-11(13,14)10(9-6-7-9)8-4-2-1-3-5-8/h1-5,9H,6-7H2/q+1. The second-order valence-corrected chi connectivity index (χ2v) is 3.55. The maximum Gasteiger partial charge on any atom is 0.463 e. The van der Waals surface area contributed by atoms with Crippen LogP contribution in [-0.4, -0.2) is 6.18 Å². The lowest BCUT2D eigenvalue weighted by atomic mass is 9.94.